The van der Waals surface area contributed by atoms with Crippen molar-refractivity contribution in [1.29, 1.82) is 0 Å². The molecule has 0 saturated heterocycles. The summed E-state index contributed by atoms with van der Waals surface area (Å²) in [6, 6.07) is 1.72. The van der Waals surface area contributed by atoms with Gasteiger partial charge in [-0.15, -0.1) is 0 Å². The third-order valence-electron chi connectivity index (χ3n) is 4.57. The smallest absolute Gasteiger partial charge is 0.360 e. The molecule has 3 rings (SSSR count). The van der Waals surface area contributed by atoms with E-state index in [-0.39, 0.29) is 5.69 Å². The molecule has 3 aromatic heterocycles. The van der Waals surface area contributed by atoms with Gasteiger partial charge in [0.2, 0.25) is 0 Å². The third-order valence-corrected chi connectivity index (χ3v) is 5.52. The van der Waals surface area contributed by atoms with Crippen LogP contribution in [0.5, 0.6) is 0 Å². The average molecular weight is 549 g/mol. The van der Waals surface area contributed by atoms with Crippen molar-refractivity contribution in [3.05, 3.63) is 45.7 Å². The van der Waals surface area contributed by atoms with E-state index in [1.54, 1.807) is 41.9 Å². The predicted molar refractivity (Wildman–Crippen MR) is 135 cm³/mol. The summed E-state index contributed by atoms with van der Waals surface area (Å²) >= 11 is 3.32. The van der Waals surface area contributed by atoms with E-state index in [0.29, 0.717) is 21.6 Å². The van der Waals surface area contributed by atoms with Gasteiger partial charge in [-0.1, -0.05) is 0 Å². The lowest BCUT2D eigenvalue weighted by molar-refractivity contribution is 0.00496. The van der Waals surface area contributed by atoms with Crippen molar-refractivity contribution < 1.29 is 19.1 Å². The molecule has 0 aliphatic carbocycles. The number of ether oxygens (including phenoxy) is 2. The van der Waals surface area contributed by atoms with Crippen molar-refractivity contribution >= 4 is 27.9 Å². The van der Waals surface area contributed by atoms with E-state index in [1.807, 2.05) is 55.4 Å². The molecule has 0 aliphatic heterocycles. The average Bonchev–Trinajstić information content (AvgIpc) is 3.17. The van der Waals surface area contributed by atoms with Gasteiger partial charge in [-0.25, -0.2) is 19.6 Å². The molecule has 0 spiro atoms. The van der Waals surface area contributed by atoms with E-state index in [9.17, 15) is 9.59 Å². The summed E-state index contributed by atoms with van der Waals surface area (Å²) in [7, 11) is 3.56. The number of halogens is 1. The summed E-state index contributed by atoms with van der Waals surface area (Å²) in [5.41, 5.74) is 1.82. The number of nitrogens with zero attached hydrogens (tertiary/aromatic N) is 6. The molecule has 0 N–H and O–H groups in total. The minimum absolute atomic E-state index is 0.242. The van der Waals surface area contributed by atoms with E-state index < -0.39 is 23.1 Å². The SMILES string of the molecule is Cc1c(-c2ncccn2)c(C(=O)OC(C)(C)C)nn1C.Cc1c(Br)c(C(=O)OC(C)(C)C)nn1C. The molecule has 0 aromatic carbocycles. The third kappa shape index (κ3) is 7.45. The molecule has 10 nitrogen and oxygen atoms in total. The Labute approximate surface area is 214 Å². The fourth-order valence-electron chi connectivity index (χ4n) is 2.81. The maximum absolute atomic E-state index is 12.3. The Morgan fingerprint density at radius 3 is 1.66 bits per heavy atom. The number of aryl methyl sites for hydroxylation is 2. The highest BCUT2D eigenvalue weighted by molar-refractivity contribution is 9.10. The molecule has 3 aromatic rings. The summed E-state index contributed by atoms with van der Waals surface area (Å²) < 4.78 is 14.6. The van der Waals surface area contributed by atoms with Crippen molar-refractivity contribution in [2.45, 2.75) is 66.6 Å². The summed E-state index contributed by atoms with van der Waals surface area (Å²) in [6.45, 7) is 14.7. The maximum atomic E-state index is 12.3. The van der Waals surface area contributed by atoms with Crippen LogP contribution >= 0.6 is 15.9 Å². The van der Waals surface area contributed by atoms with Crippen LogP contribution in [0.3, 0.4) is 0 Å². The van der Waals surface area contributed by atoms with Crippen molar-refractivity contribution in [2.75, 3.05) is 0 Å². The first-order chi connectivity index (χ1) is 16.0. The number of esters is 2. The molecule has 35 heavy (non-hydrogen) atoms. The van der Waals surface area contributed by atoms with Crippen LogP contribution in [-0.4, -0.2) is 52.7 Å². The molecule has 0 saturated carbocycles. The Bertz CT molecular complexity index is 1200. The molecule has 0 fully saturated rings. The Morgan fingerprint density at radius 1 is 0.800 bits per heavy atom. The first-order valence-electron chi connectivity index (χ1n) is 11.0. The van der Waals surface area contributed by atoms with E-state index in [1.165, 1.54) is 0 Å². The van der Waals surface area contributed by atoms with Gasteiger partial charge in [-0.3, -0.25) is 9.36 Å². The molecule has 0 amide bonds. The maximum Gasteiger partial charge on any atom is 0.360 e. The standard InChI is InChI=1S/C14H18N4O2.C10H15BrN2O2/c1-9-10(12-15-7-6-8-16-12)11(17-18(9)5)13(19)20-14(2,3)4;1-6-7(11)8(12-13(6)5)9(14)15-10(2,3)4/h6-8H,1-5H3;1-5H3. The van der Waals surface area contributed by atoms with Crippen LogP contribution in [0, 0.1) is 13.8 Å². The Kier molecular flexibility index (Phi) is 8.59. The Hall–Kier alpha value is -3.08. The molecule has 3 heterocycles. The summed E-state index contributed by atoms with van der Waals surface area (Å²) in [5, 5.41) is 8.32. The van der Waals surface area contributed by atoms with E-state index >= 15 is 0 Å². The second-order valence-electron chi connectivity index (χ2n) is 9.88. The number of rotatable bonds is 3. The van der Waals surface area contributed by atoms with Gasteiger partial charge in [0.05, 0.1) is 15.7 Å². The van der Waals surface area contributed by atoms with Crippen LogP contribution in [0.25, 0.3) is 11.4 Å². The summed E-state index contributed by atoms with van der Waals surface area (Å²) in [5.74, 6) is -0.402. The van der Waals surface area contributed by atoms with E-state index in [2.05, 4.69) is 36.1 Å². The minimum Gasteiger partial charge on any atom is -0.455 e. The van der Waals surface area contributed by atoms with Crippen LogP contribution in [0.4, 0.5) is 0 Å². The summed E-state index contributed by atoms with van der Waals surface area (Å²) in [4.78, 5) is 32.4. The van der Waals surface area contributed by atoms with Gasteiger partial charge in [-0.2, -0.15) is 10.2 Å². The molecule has 0 atom stereocenters. The normalized spacial score (nSPS) is 11.5. The van der Waals surface area contributed by atoms with Crippen molar-refractivity contribution in [2.24, 2.45) is 14.1 Å². The zero-order valence-corrected chi connectivity index (χ0v) is 23.5. The van der Waals surface area contributed by atoms with Crippen LogP contribution in [0.1, 0.15) is 73.9 Å². The van der Waals surface area contributed by atoms with Gasteiger partial charge in [0.25, 0.3) is 0 Å². The lowest BCUT2D eigenvalue weighted by Crippen LogP contribution is -2.24. The second-order valence-corrected chi connectivity index (χ2v) is 10.7. The number of carbonyl (C=O) groups excluding carboxylic acids is 2. The highest BCUT2D eigenvalue weighted by Crippen LogP contribution is 2.25. The zero-order chi connectivity index (χ0) is 26.7. The second kappa shape index (κ2) is 10.7. The van der Waals surface area contributed by atoms with Crippen LogP contribution in [0.15, 0.2) is 22.9 Å². The van der Waals surface area contributed by atoms with Crippen LogP contribution < -0.4 is 0 Å². The van der Waals surface area contributed by atoms with Gasteiger partial charge in [0.15, 0.2) is 17.2 Å². The fourth-order valence-corrected chi connectivity index (χ4v) is 3.31. The highest BCUT2D eigenvalue weighted by atomic mass is 79.9. The topological polar surface area (TPSA) is 114 Å². The van der Waals surface area contributed by atoms with Gasteiger partial charge in [-0.05, 0) is 77.4 Å². The molecule has 0 radical (unpaired) electrons. The van der Waals surface area contributed by atoms with E-state index in [4.69, 9.17) is 9.47 Å². The largest absolute Gasteiger partial charge is 0.455 e. The van der Waals surface area contributed by atoms with E-state index in [0.717, 1.165) is 11.4 Å². The molecular weight excluding hydrogens is 516 g/mol. The molecule has 0 aliphatic rings. The Balaban J connectivity index is 0.000000258. The van der Waals surface area contributed by atoms with Crippen molar-refractivity contribution in [3.8, 4) is 11.4 Å². The fraction of sp³-hybridized carbons (Fsp3) is 0.500. The monoisotopic (exact) mass is 548 g/mol. The van der Waals surface area contributed by atoms with Crippen molar-refractivity contribution in [1.82, 2.24) is 29.5 Å². The van der Waals surface area contributed by atoms with Gasteiger partial charge in [0.1, 0.15) is 11.2 Å². The minimum atomic E-state index is -0.572. The predicted octanol–water partition coefficient (Wildman–Crippen LogP) is 4.59. The molecule has 0 unspecified atom stereocenters. The van der Waals surface area contributed by atoms with Gasteiger partial charge >= 0.3 is 11.9 Å². The number of hydrogen-bond acceptors (Lipinski definition) is 8. The number of hydrogen-bond donors (Lipinski definition) is 0. The number of aromatic nitrogens is 6. The van der Waals surface area contributed by atoms with Crippen LogP contribution in [-0.2, 0) is 23.6 Å². The molecule has 190 valence electrons. The lowest BCUT2D eigenvalue weighted by Gasteiger charge is -2.18. The van der Waals surface area contributed by atoms with Crippen LogP contribution in [0.2, 0.25) is 0 Å². The molecule has 0 bridgehead atoms. The molecular formula is C24H33BrN6O4. The zero-order valence-electron chi connectivity index (χ0n) is 21.9. The van der Waals surface area contributed by atoms with Gasteiger partial charge < -0.3 is 9.47 Å². The first kappa shape index (κ1) is 28.2. The van der Waals surface area contributed by atoms with Crippen molar-refractivity contribution in [3.63, 3.8) is 0 Å². The molecule has 11 heteroatoms. The lowest BCUT2D eigenvalue weighted by atomic mass is 10.1. The quantitative estimate of drug-likeness (QED) is 0.436. The number of carbonyl (C=O) groups is 2. The van der Waals surface area contributed by atoms with Gasteiger partial charge in [0, 0.05) is 32.2 Å². The summed E-state index contributed by atoms with van der Waals surface area (Å²) in [6.07, 6.45) is 3.27. The first-order valence-corrected chi connectivity index (χ1v) is 11.8. The highest BCUT2D eigenvalue weighted by Gasteiger charge is 2.27. The Morgan fingerprint density at radius 2 is 1.23 bits per heavy atom.